The third kappa shape index (κ3) is 3.43. The Labute approximate surface area is 112 Å². The zero-order valence-electron chi connectivity index (χ0n) is 10.2. The van der Waals surface area contributed by atoms with Gasteiger partial charge in [0, 0.05) is 6.07 Å². The molecular weight excluding hydrogens is 275 g/mol. The Kier molecular flexibility index (Phi) is 3.87. The van der Waals surface area contributed by atoms with Crippen molar-refractivity contribution in [3.05, 3.63) is 53.8 Å². The normalized spacial score (nSPS) is 11.4. The minimum atomic E-state index is -5.37. The number of benzene rings is 2. The predicted molar refractivity (Wildman–Crippen MR) is 67.6 cm³/mol. The maximum absolute atomic E-state index is 13.3. The van der Waals surface area contributed by atoms with Crippen LogP contribution in [-0.2, 0) is 6.61 Å². The second kappa shape index (κ2) is 5.44. The van der Waals surface area contributed by atoms with Gasteiger partial charge in [0.2, 0.25) is 0 Å². The molecule has 0 spiro atoms. The lowest BCUT2D eigenvalue weighted by Gasteiger charge is -2.16. The van der Waals surface area contributed by atoms with Crippen LogP contribution in [0.2, 0.25) is 0 Å². The number of phenols is 1. The van der Waals surface area contributed by atoms with Gasteiger partial charge in [-0.05, 0) is 23.8 Å². The van der Waals surface area contributed by atoms with E-state index in [2.05, 4.69) is 0 Å². The fourth-order valence-corrected chi connectivity index (χ4v) is 1.68. The Balaban J connectivity index is 2.10. The third-order valence-corrected chi connectivity index (χ3v) is 2.64. The summed E-state index contributed by atoms with van der Waals surface area (Å²) < 4.78 is 55.8. The molecule has 0 atom stereocenters. The summed E-state index contributed by atoms with van der Waals surface area (Å²) in [5, 5.41) is 9.24. The van der Waals surface area contributed by atoms with Crippen LogP contribution < -0.4 is 10.2 Å². The zero-order chi connectivity index (χ0) is 14.8. The van der Waals surface area contributed by atoms with Gasteiger partial charge in [-0.2, -0.15) is 0 Å². The minimum Gasteiger partial charge on any atom is -0.508 e. The van der Waals surface area contributed by atoms with Gasteiger partial charge in [-0.15, -0.1) is 0 Å². The molecule has 106 valence electrons. The average Bonchev–Trinajstić information content (AvgIpc) is 2.35. The van der Waals surface area contributed by atoms with E-state index in [-0.39, 0.29) is 18.1 Å². The van der Waals surface area contributed by atoms with Crippen LogP contribution in [0.15, 0.2) is 42.5 Å². The highest BCUT2D eigenvalue weighted by molar-refractivity contribution is 6.73. The Bertz CT molecular complexity index is 614. The number of hydrogen-bond acceptors (Lipinski definition) is 2. The molecule has 0 amide bonds. The lowest BCUT2D eigenvalue weighted by atomic mass is 9.80. The molecule has 0 saturated carbocycles. The van der Waals surface area contributed by atoms with Crippen molar-refractivity contribution >= 4 is 12.4 Å². The van der Waals surface area contributed by atoms with E-state index < -0.39 is 18.3 Å². The predicted octanol–water partition coefficient (Wildman–Crippen LogP) is 3.16. The standard InChI is InChI=1S/C13H10BF4O2/c15-13-7-11(4-5-12(13)14(16,17)18)20-8-9-2-1-3-10(19)6-9/h1-7,19H,8H2/q-1. The number of phenolic OH excluding ortho intramolecular Hbond substituents is 1. The van der Waals surface area contributed by atoms with Crippen LogP contribution in [0.4, 0.5) is 17.3 Å². The van der Waals surface area contributed by atoms with Gasteiger partial charge in [-0.1, -0.05) is 23.7 Å². The van der Waals surface area contributed by atoms with E-state index in [9.17, 15) is 22.4 Å². The van der Waals surface area contributed by atoms with Crippen molar-refractivity contribution < 1.29 is 27.2 Å². The zero-order valence-corrected chi connectivity index (χ0v) is 10.2. The lowest BCUT2D eigenvalue weighted by molar-refractivity contribution is 0.304. The fraction of sp³-hybridized carbons (Fsp3) is 0.0769. The van der Waals surface area contributed by atoms with Gasteiger partial charge in [0.1, 0.15) is 18.1 Å². The van der Waals surface area contributed by atoms with Gasteiger partial charge < -0.3 is 22.8 Å². The van der Waals surface area contributed by atoms with Gasteiger partial charge in [-0.3, -0.25) is 0 Å². The van der Waals surface area contributed by atoms with Crippen LogP contribution in [0.25, 0.3) is 0 Å². The van der Waals surface area contributed by atoms with Crippen molar-refractivity contribution in [2.75, 3.05) is 0 Å². The van der Waals surface area contributed by atoms with Crippen LogP contribution >= 0.6 is 0 Å². The first kappa shape index (κ1) is 14.2. The number of aromatic hydroxyl groups is 1. The summed E-state index contributed by atoms with van der Waals surface area (Å²) in [6.45, 7) is -5.35. The number of ether oxygens (including phenoxy) is 1. The van der Waals surface area contributed by atoms with Gasteiger partial charge in [0.05, 0.1) is 5.82 Å². The van der Waals surface area contributed by atoms with Gasteiger partial charge in [0.15, 0.2) is 0 Å². The quantitative estimate of drug-likeness (QED) is 0.690. The molecule has 0 aliphatic heterocycles. The summed E-state index contributed by atoms with van der Waals surface area (Å²) in [7, 11) is 0. The SMILES string of the molecule is Oc1cccc(COc2ccc([B-](F)(F)F)c(F)c2)c1. The molecule has 20 heavy (non-hydrogen) atoms. The molecule has 2 rings (SSSR count). The molecule has 2 aromatic rings. The summed E-state index contributed by atoms with van der Waals surface area (Å²) in [6, 6.07) is 8.62. The van der Waals surface area contributed by atoms with Crippen molar-refractivity contribution in [3.8, 4) is 11.5 Å². The first-order valence-corrected chi connectivity index (χ1v) is 5.76. The summed E-state index contributed by atoms with van der Waals surface area (Å²) in [5.74, 6) is -1.31. The first-order valence-electron chi connectivity index (χ1n) is 5.76. The average molecular weight is 285 g/mol. The summed E-state index contributed by atoms with van der Waals surface area (Å²) in [6.07, 6.45) is 0. The number of halogens is 4. The second-order valence-electron chi connectivity index (χ2n) is 4.22. The van der Waals surface area contributed by atoms with Crippen LogP contribution in [0.1, 0.15) is 5.56 Å². The van der Waals surface area contributed by atoms with Crippen molar-refractivity contribution in [2.24, 2.45) is 0 Å². The molecule has 0 saturated heterocycles. The highest BCUT2D eigenvalue weighted by Crippen LogP contribution is 2.19. The maximum atomic E-state index is 13.3. The van der Waals surface area contributed by atoms with Crippen molar-refractivity contribution in [1.29, 1.82) is 0 Å². The Hall–Kier alpha value is -2.18. The van der Waals surface area contributed by atoms with Crippen molar-refractivity contribution in [3.63, 3.8) is 0 Å². The molecule has 7 heteroatoms. The van der Waals surface area contributed by atoms with E-state index in [1.165, 1.54) is 12.1 Å². The van der Waals surface area contributed by atoms with E-state index in [1.54, 1.807) is 12.1 Å². The molecule has 1 N–H and O–H groups in total. The van der Waals surface area contributed by atoms with E-state index in [4.69, 9.17) is 4.74 Å². The third-order valence-electron chi connectivity index (χ3n) is 2.64. The highest BCUT2D eigenvalue weighted by atomic mass is 19.4. The molecule has 0 bridgehead atoms. The molecule has 2 nitrogen and oxygen atoms in total. The molecule has 0 heterocycles. The number of hydrogen-bond donors (Lipinski definition) is 1. The summed E-state index contributed by atoms with van der Waals surface area (Å²) in [5.41, 5.74) is -0.649. The Morgan fingerprint density at radius 1 is 1.05 bits per heavy atom. The molecule has 0 aromatic heterocycles. The minimum absolute atomic E-state index is 0.00496. The largest absolute Gasteiger partial charge is 0.512 e. The summed E-state index contributed by atoms with van der Waals surface area (Å²) >= 11 is 0. The monoisotopic (exact) mass is 285 g/mol. The topological polar surface area (TPSA) is 29.5 Å². The molecule has 2 aromatic carbocycles. The van der Waals surface area contributed by atoms with E-state index in [0.29, 0.717) is 17.7 Å². The highest BCUT2D eigenvalue weighted by Gasteiger charge is 2.28. The van der Waals surface area contributed by atoms with Gasteiger partial charge in [0.25, 0.3) is 0 Å². The first-order chi connectivity index (χ1) is 9.36. The van der Waals surface area contributed by atoms with Crippen molar-refractivity contribution in [2.45, 2.75) is 6.61 Å². The van der Waals surface area contributed by atoms with Crippen LogP contribution in [-0.4, -0.2) is 12.1 Å². The molecule has 0 aliphatic rings. The molecule has 0 aliphatic carbocycles. The van der Waals surface area contributed by atoms with Crippen LogP contribution in [0, 0.1) is 5.82 Å². The van der Waals surface area contributed by atoms with Gasteiger partial charge in [-0.25, -0.2) is 4.39 Å². The van der Waals surface area contributed by atoms with E-state index in [0.717, 1.165) is 6.07 Å². The van der Waals surface area contributed by atoms with Gasteiger partial charge >= 0.3 is 6.98 Å². The Morgan fingerprint density at radius 3 is 2.40 bits per heavy atom. The fourth-order valence-electron chi connectivity index (χ4n) is 1.68. The van der Waals surface area contributed by atoms with E-state index >= 15 is 0 Å². The lowest BCUT2D eigenvalue weighted by Crippen LogP contribution is -2.36. The van der Waals surface area contributed by atoms with E-state index in [1.807, 2.05) is 0 Å². The Morgan fingerprint density at radius 2 is 1.80 bits per heavy atom. The van der Waals surface area contributed by atoms with Crippen LogP contribution in [0.3, 0.4) is 0 Å². The number of rotatable bonds is 4. The summed E-state index contributed by atoms with van der Waals surface area (Å²) in [4.78, 5) is 0. The molecule has 0 radical (unpaired) electrons. The smallest absolute Gasteiger partial charge is 0.508 e. The molecule has 0 unspecified atom stereocenters. The molecular formula is C13H10BF4O2-. The van der Waals surface area contributed by atoms with Crippen LogP contribution in [0.5, 0.6) is 11.5 Å². The second-order valence-corrected chi connectivity index (χ2v) is 4.22. The van der Waals surface area contributed by atoms with Crippen molar-refractivity contribution in [1.82, 2.24) is 0 Å². The molecule has 0 fully saturated rings. The maximum Gasteiger partial charge on any atom is 0.512 e.